The summed E-state index contributed by atoms with van der Waals surface area (Å²) in [5, 5.41) is 7.10. The van der Waals surface area contributed by atoms with Crippen molar-refractivity contribution in [3.8, 4) is 17.3 Å². The molecule has 11 heteroatoms. The van der Waals surface area contributed by atoms with Crippen LogP contribution in [0.25, 0.3) is 11.5 Å². The highest BCUT2D eigenvalue weighted by atomic mass is 19.1. The molecule has 0 unspecified atom stereocenters. The fourth-order valence-electron chi connectivity index (χ4n) is 5.10. The number of nitrogens with one attached hydrogen (secondary N) is 1. The Morgan fingerprint density at radius 1 is 1.14 bits per heavy atom. The second kappa shape index (κ2) is 11.4. The number of amides is 2. The molecule has 3 atom stereocenters. The Hall–Kier alpha value is -3.89. The minimum Gasteiger partial charge on any atom is -0.484 e. The first-order valence-corrected chi connectivity index (χ1v) is 12.6. The van der Waals surface area contributed by atoms with E-state index >= 15 is 0 Å². The van der Waals surface area contributed by atoms with E-state index in [0.717, 1.165) is 25.7 Å². The van der Waals surface area contributed by atoms with Crippen LogP contribution in [0.2, 0.25) is 0 Å². The van der Waals surface area contributed by atoms with Crippen molar-refractivity contribution >= 4 is 11.8 Å². The Bertz CT molecular complexity index is 1210. The summed E-state index contributed by atoms with van der Waals surface area (Å²) in [6.45, 7) is 0.950. The van der Waals surface area contributed by atoms with Gasteiger partial charge in [-0.25, -0.2) is 9.37 Å². The molecule has 3 heterocycles. The van der Waals surface area contributed by atoms with Crippen LogP contribution in [0.5, 0.6) is 5.75 Å². The van der Waals surface area contributed by atoms with Gasteiger partial charge < -0.3 is 19.5 Å². The number of fused-ring (bicyclic) bond motifs is 1. The molecule has 5 rings (SSSR count). The number of aromatic nitrogens is 4. The zero-order valence-electron chi connectivity index (χ0n) is 20.4. The molecule has 1 aromatic carbocycles. The fraction of sp³-hybridized carbons (Fsp3) is 0.462. The Balaban J connectivity index is 1.36. The minimum atomic E-state index is -0.412. The summed E-state index contributed by atoms with van der Waals surface area (Å²) in [5.74, 6) is -0.0860. The van der Waals surface area contributed by atoms with E-state index in [-0.39, 0.29) is 36.2 Å². The molecule has 0 bridgehead atoms. The molecule has 1 N–H and O–H groups in total. The summed E-state index contributed by atoms with van der Waals surface area (Å²) < 4.78 is 24.5. The number of benzene rings is 1. The molecule has 2 amide bonds. The van der Waals surface area contributed by atoms with Crippen molar-refractivity contribution in [3.05, 3.63) is 54.6 Å². The molecule has 0 radical (unpaired) electrons. The van der Waals surface area contributed by atoms with Gasteiger partial charge in [-0.1, -0.05) is 18.0 Å². The lowest BCUT2D eigenvalue weighted by molar-refractivity contribution is -0.138. The van der Waals surface area contributed by atoms with Crippen LogP contribution in [-0.4, -0.2) is 62.6 Å². The lowest BCUT2D eigenvalue weighted by Crippen LogP contribution is -2.48. The number of carbonyl (C=O) groups is 2. The van der Waals surface area contributed by atoms with E-state index in [9.17, 15) is 14.0 Å². The second-order valence-electron chi connectivity index (χ2n) is 9.42. The van der Waals surface area contributed by atoms with Gasteiger partial charge in [-0.3, -0.25) is 14.6 Å². The molecule has 2 aliphatic rings. The van der Waals surface area contributed by atoms with Gasteiger partial charge in [0.05, 0.1) is 12.1 Å². The Labute approximate surface area is 213 Å². The molecule has 3 aromatic rings. The molecule has 1 saturated carbocycles. The Morgan fingerprint density at radius 3 is 2.78 bits per heavy atom. The van der Waals surface area contributed by atoms with Crippen LogP contribution in [0.3, 0.4) is 0 Å². The van der Waals surface area contributed by atoms with E-state index < -0.39 is 5.92 Å². The third-order valence-electron chi connectivity index (χ3n) is 6.97. The molecule has 1 aliphatic heterocycles. The smallest absolute Gasteiger partial charge is 0.260 e. The number of rotatable bonds is 5. The van der Waals surface area contributed by atoms with Crippen molar-refractivity contribution in [2.45, 2.75) is 50.5 Å². The maximum Gasteiger partial charge on any atom is 0.260 e. The van der Waals surface area contributed by atoms with Crippen LogP contribution in [-0.2, 0) is 9.59 Å². The van der Waals surface area contributed by atoms with Gasteiger partial charge in [0.2, 0.25) is 17.6 Å². The molecule has 2 fully saturated rings. The first-order valence-electron chi connectivity index (χ1n) is 12.6. The SMILES string of the molecule is O=C1NCCCCCCN(C(=O)COc2ccc(F)cc2)[C@H]2C[C@H](c3nc(-c4cnccn4)no3)C[C@@H]12. The highest BCUT2D eigenvalue weighted by molar-refractivity contribution is 5.83. The number of nitrogens with zero attached hydrogens (tertiary/aromatic N) is 5. The molecule has 2 aromatic heterocycles. The number of hydrogen-bond acceptors (Lipinski definition) is 8. The van der Waals surface area contributed by atoms with Crippen LogP contribution in [0.1, 0.15) is 50.3 Å². The molecule has 10 nitrogen and oxygen atoms in total. The summed E-state index contributed by atoms with van der Waals surface area (Å²) in [6.07, 6.45) is 9.37. The van der Waals surface area contributed by atoms with Crippen LogP contribution in [0.15, 0.2) is 47.4 Å². The average Bonchev–Trinajstić information content (AvgIpc) is 3.57. The van der Waals surface area contributed by atoms with E-state index in [1.54, 1.807) is 23.5 Å². The summed E-state index contributed by atoms with van der Waals surface area (Å²) >= 11 is 0. The van der Waals surface area contributed by atoms with Crippen LogP contribution < -0.4 is 10.1 Å². The van der Waals surface area contributed by atoms with Gasteiger partial charge in [-0.2, -0.15) is 4.98 Å². The van der Waals surface area contributed by atoms with E-state index in [1.807, 2.05) is 0 Å². The quantitative estimate of drug-likeness (QED) is 0.558. The number of ether oxygens (including phenoxy) is 1. The van der Waals surface area contributed by atoms with Crippen molar-refractivity contribution in [2.24, 2.45) is 5.92 Å². The zero-order valence-corrected chi connectivity index (χ0v) is 20.4. The Kier molecular flexibility index (Phi) is 7.67. The van der Waals surface area contributed by atoms with Gasteiger partial charge >= 0.3 is 0 Å². The van der Waals surface area contributed by atoms with Crippen LogP contribution in [0, 0.1) is 11.7 Å². The molecular weight excluding hydrogens is 479 g/mol. The van der Waals surface area contributed by atoms with Gasteiger partial charge in [0, 0.05) is 37.4 Å². The molecule has 194 valence electrons. The molecule has 0 spiro atoms. The lowest BCUT2D eigenvalue weighted by Gasteiger charge is -2.32. The maximum absolute atomic E-state index is 13.4. The predicted octanol–water partition coefficient (Wildman–Crippen LogP) is 3.13. The number of hydrogen-bond donors (Lipinski definition) is 1. The molecule has 1 saturated heterocycles. The molecule has 37 heavy (non-hydrogen) atoms. The number of halogens is 1. The summed E-state index contributed by atoms with van der Waals surface area (Å²) in [6, 6.07) is 5.21. The number of carbonyl (C=O) groups excluding carboxylic acids is 2. The zero-order chi connectivity index (χ0) is 25.6. The van der Waals surface area contributed by atoms with Gasteiger partial charge in [0.15, 0.2) is 6.61 Å². The van der Waals surface area contributed by atoms with Gasteiger partial charge in [-0.05, 0) is 49.9 Å². The van der Waals surface area contributed by atoms with Crippen molar-refractivity contribution in [1.29, 1.82) is 0 Å². The average molecular weight is 509 g/mol. The van der Waals surface area contributed by atoms with Crippen molar-refractivity contribution < 1.29 is 23.2 Å². The van der Waals surface area contributed by atoms with Gasteiger partial charge in [0.25, 0.3) is 5.91 Å². The normalized spacial score (nSPS) is 22.6. The van der Waals surface area contributed by atoms with E-state index in [1.165, 1.54) is 24.3 Å². The van der Waals surface area contributed by atoms with Crippen molar-refractivity contribution in [3.63, 3.8) is 0 Å². The van der Waals surface area contributed by atoms with E-state index in [2.05, 4.69) is 25.4 Å². The van der Waals surface area contributed by atoms with Crippen LogP contribution in [0.4, 0.5) is 4.39 Å². The summed E-state index contributed by atoms with van der Waals surface area (Å²) in [7, 11) is 0. The van der Waals surface area contributed by atoms with Crippen LogP contribution >= 0.6 is 0 Å². The van der Waals surface area contributed by atoms with E-state index in [0.29, 0.717) is 49.1 Å². The topological polar surface area (TPSA) is 123 Å². The minimum absolute atomic E-state index is 0.0692. The lowest BCUT2D eigenvalue weighted by atomic mass is 10.00. The molecular formula is C26H29FN6O4. The monoisotopic (exact) mass is 508 g/mol. The summed E-state index contributed by atoms with van der Waals surface area (Å²) in [5.41, 5.74) is 0.498. The largest absolute Gasteiger partial charge is 0.484 e. The highest BCUT2D eigenvalue weighted by Gasteiger charge is 2.45. The van der Waals surface area contributed by atoms with Crippen molar-refractivity contribution in [1.82, 2.24) is 30.3 Å². The second-order valence-corrected chi connectivity index (χ2v) is 9.42. The molecule has 1 aliphatic carbocycles. The maximum atomic E-state index is 13.4. The van der Waals surface area contributed by atoms with Gasteiger partial charge in [-0.15, -0.1) is 0 Å². The standard InChI is InChI=1S/C26H29FN6O4/c27-18-5-7-19(8-6-18)36-16-23(34)33-12-4-2-1-3-9-30-25(35)20-13-17(14-22(20)33)26-31-24(32-37-26)21-15-28-10-11-29-21/h5-8,10-11,15,17,20,22H,1-4,9,12-14,16H2,(H,30,35)/t17-,20-,22+/m1/s1. The first-order chi connectivity index (χ1) is 18.1. The van der Waals surface area contributed by atoms with Gasteiger partial charge in [0.1, 0.15) is 17.3 Å². The van der Waals surface area contributed by atoms with E-state index in [4.69, 9.17) is 9.26 Å². The summed E-state index contributed by atoms with van der Waals surface area (Å²) in [4.78, 5) is 41.2. The third-order valence-corrected chi connectivity index (χ3v) is 6.97. The van der Waals surface area contributed by atoms with Crippen molar-refractivity contribution in [2.75, 3.05) is 19.7 Å². The predicted molar refractivity (Wildman–Crippen MR) is 130 cm³/mol. The highest BCUT2D eigenvalue weighted by Crippen LogP contribution is 2.41. The Morgan fingerprint density at radius 2 is 1.97 bits per heavy atom. The first kappa shape index (κ1) is 24.8. The fourth-order valence-corrected chi connectivity index (χ4v) is 5.10. The third kappa shape index (κ3) is 5.92.